The van der Waals surface area contributed by atoms with E-state index in [1.807, 2.05) is 45.0 Å². The summed E-state index contributed by atoms with van der Waals surface area (Å²) >= 11 is 7.46. The highest BCUT2D eigenvalue weighted by Crippen LogP contribution is 2.27. The van der Waals surface area contributed by atoms with Crippen molar-refractivity contribution in [2.45, 2.75) is 71.1 Å². The number of hydrogen-bond donors (Lipinski definition) is 1. The Kier molecular flexibility index (Phi) is 8.38. The van der Waals surface area contributed by atoms with Crippen molar-refractivity contribution in [1.29, 1.82) is 0 Å². The summed E-state index contributed by atoms with van der Waals surface area (Å²) < 4.78 is 2.14. The molecule has 1 atom stereocenters. The zero-order valence-electron chi connectivity index (χ0n) is 17.5. The van der Waals surface area contributed by atoms with Crippen molar-refractivity contribution in [2.24, 2.45) is 5.92 Å². The van der Waals surface area contributed by atoms with Gasteiger partial charge in [-0.05, 0) is 57.4 Å². The molecule has 2 rings (SSSR count). The van der Waals surface area contributed by atoms with Crippen molar-refractivity contribution in [3.8, 4) is 11.4 Å². The largest absolute Gasteiger partial charge is 0.351 e. The third-order valence-corrected chi connectivity index (χ3v) is 5.43. The van der Waals surface area contributed by atoms with Gasteiger partial charge in [0, 0.05) is 22.7 Å². The maximum Gasteiger partial charge on any atom is 0.230 e. The molecular weight excluding hydrogens is 392 g/mol. The Bertz CT molecular complexity index is 768. The van der Waals surface area contributed by atoms with Gasteiger partial charge in [-0.1, -0.05) is 50.1 Å². The minimum absolute atomic E-state index is 0.000811. The van der Waals surface area contributed by atoms with Crippen LogP contribution >= 0.6 is 23.4 Å². The van der Waals surface area contributed by atoms with Gasteiger partial charge in [-0.3, -0.25) is 4.79 Å². The van der Waals surface area contributed by atoms with Gasteiger partial charge in [0.15, 0.2) is 11.0 Å². The molecule has 0 saturated heterocycles. The van der Waals surface area contributed by atoms with Crippen LogP contribution in [0.25, 0.3) is 11.4 Å². The van der Waals surface area contributed by atoms with Crippen LogP contribution in [0.1, 0.15) is 53.9 Å². The van der Waals surface area contributed by atoms with Gasteiger partial charge in [0.25, 0.3) is 0 Å². The van der Waals surface area contributed by atoms with Gasteiger partial charge in [0.2, 0.25) is 5.91 Å². The molecule has 0 fully saturated rings. The van der Waals surface area contributed by atoms with Gasteiger partial charge in [-0.15, -0.1) is 10.2 Å². The number of nitrogens with one attached hydrogen (secondary N) is 1. The van der Waals surface area contributed by atoms with Crippen molar-refractivity contribution >= 4 is 29.3 Å². The fraction of sp³-hybridized carbons (Fsp3) is 0.571. The quantitative estimate of drug-likeness (QED) is 0.547. The highest BCUT2D eigenvalue weighted by atomic mass is 35.5. The average molecular weight is 423 g/mol. The van der Waals surface area contributed by atoms with E-state index in [-0.39, 0.29) is 11.4 Å². The summed E-state index contributed by atoms with van der Waals surface area (Å²) in [6, 6.07) is 7.64. The summed E-state index contributed by atoms with van der Waals surface area (Å²) in [5, 5.41) is 13.3. The van der Waals surface area contributed by atoms with Crippen LogP contribution in [0, 0.1) is 5.92 Å². The van der Waals surface area contributed by atoms with E-state index in [2.05, 4.69) is 33.9 Å². The minimum Gasteiger partial charge on any atom is -0.351 e. The number of aromatic nitrogens is 3. The molecule has 28 heavy (non-hydrogen) atoms. The van der Waals surface area contributed by atoms with E-state index in [4.69, 9.17) is 11.6 Å². The molecule has 0 bridgehead atoms. The Balaban J connectivity index is 2.21. The van der Waals surface area contributed by atoms with E-state index in [9.17, 15) is 4.79 Å². The second kappa shape index (κ2) is 10.3. The molecule has 2 aromatic rings. The first kappa shape index (κ1) is 22.8. The summed E-state index contributed by atoms with van der Waals surface area (Å²) in [7, 11) is 0. The molecule has 0 radical (unpaired) electrons. The number of rotatable bonds is 9. The predicted octanol–water partition coefficient (Wildman–Crippen LogP) is 5.43. The van der Waals surface area contributed by atoms with Crippen LogP contribution in [0.4, 0.5) is 0 Å². The normalized spacial score (nSPS) is 12.8. The topological polar surface area (TPSA) is 59.8 Å². The Morgan fingerprint density at radius 2 is 1.93 bits per heavy atom. The molecule has 1 aromatic carbocycles. The molecule has 0 unspecified atom stereocenters. The number of benzene rings is 1. The summed E-state index contributed by atoms with van der Waals surface area (Å²) in [4.78, 5) is 12.2. The lowest BCUT2D eigenvalue weighted by Crippen LogP contribution is -2.41. The molecular formula is C21H31ClN4OS. The Morgan fingerprint density at radius 1 is 1.25 bits per heavy atom. The average Bonchev–Trinajstić information content (AvgIpc) is 3.00. The van der Waals surface area contributed by atoms with Crippen molar-refractivity contribution in [3.05, 3.63) is 29.3 Å². The first-order valence-electron chi connectivity index (χ1n) is 9.82. The van der Waals surface area contributed by atoms with Crippen LogP contribution in [0.5, 0.6) is 0 Å². The van der Waals surface area contributed by atoms with E-state index in [1.165, 1.54) is 24.6 Å². The fourth-order valence-electron chi connectivity index (χ4n) is 2.91. The SMILES string of the molecule is CCCC[C@H](C)Cn1c(SCC(=O)NC(C)(C)C)nnc1-c1ccc(Cl)cc1. The second-order valence-corrected chi connectivity index (χ2v) is 9.64. The van der Waals surface area contributed by atoms with Crippen LogP contribution in [-0.2, 0) is 11.3 Å². The van der Waals surface area contributed by atoms with Crippen LogP contribution in [0.3, 0.4) is 0 Å². The van der Waals surface area contributed by atoms with Crippen molar-refractivity contribution < 1.29 is 4.79 Å². The lowest BCUT2D eigenvalue weighted by molar-refractivity contribution is -0.119. The number of amides is 1. The summed E-state index contributed by atoms with van der Waals surface area (Å²) in [6.07, 6.45) is 3.55. The lowest BCUT2D eigenvalue weighted by atomic mass is 10.0. The molecule has 5 nitrogen and oxygen atoms in total. The Labute approximate surface area is 177 Å². The van der Waals surface area contributed by atoms with Gasteiger partial charge >= 0.3 is 0 Å². The summed E-state index contributed by atoms with van der Waals surface area (Å²) in [5.74, 6) is 1.64. The molecule has 1 heterocycles. The summed E-state index contributed by atoms with van der Waals surface area (Å²) in [5.41, 5.74) is 0.736. The second-order valence-electron chi connectivity index (χ2n) is 8.26. The number of carbonyl (C=O) groups is 1. The number of nitrogens with zero attached hydrogens (tertiary/aromatic N) is 3. The predicted molar refractivity (Wildman–Crippen MR) is 118 cm³/mol. The molecule has 0 spiro atoms. The van der Waals surface area contributed by atoms with E-state index < -0.39 is 0 Å². The maximum atomic E-state index is 12.2. The maximum absolute atomic E-state index is 12.2. The van der Waals surface area contributed by atoms with E-state index in [1.54, 1.807) is 0 Å². The number of hydrogen-bond acceptors (Lipinski definition) is 4. The Hall–Kier alpha value is -1.53. The van der Waals surface area contributed by atoms with Gasteiger partial charge in [-0.2, -0.15) is 0 Å². The number of unbranched alkanes of at least 4 members (excludes halogenated alkanes) is 1. The fourth-order valence-corrected chi connectivity index (χ4v) is 3.79. The van der Waals surface area contributed by atoms with Gasteiger partial charge in [0.05, 0.1) is 5.75 Å². The van der Waals surface area contributed by atoms with Gasteiger partial charge in [-0.25, -0.2) is 0 Å². The van der Waals surface area contributed by atoms with Crippen molar-refractivity contribution in [3.63, 3.8) is 0 Å². The zero-order valence-corrected chi connectivity index (χ0v) is 19.0. The lowest BCUT2D eigenvalue weighted by Gasteiger charge is -2.20. The number of halogens is 1. The van der Waals surface area contributed by atoms with Gasteiger partial charge < -0.3 is 9.88 Å². The Morgan fingerprint density at radius 3 is 2.54 bits per heavy atom. The van der Waals surface area contributed by atoms with Crippen LogP contribution in [0.2, 0.25) is 5.02 Å². The summed E-state index contributed by atoms with van der Waals surface area (Å²) in [6.45, 7) is 11.2. The number of carbonyl (C=O) groups excluding carboxylic acids is 1. The zero-order chi connectivity index (χ0) is 20.7. The smallest absolute Gasteiger partial charge is 0.230 e. The molecule has 1 N–H and O–H groups in total. The standard InChI is InChI=1S/C21H31ClN4OS/c1-6-7-8-15(2)13-26-19(16-9-11-17(22)12-10-16)24-25-20(26)28-14-18(27)23-21(3,4)5/h9-12,15H,6-8,13-14H2,1-5H3,(H,23,27)/t15-/m0/s1. The van der Waals surface area contributed by atoms with Crippen LogP contribution < -0.4 is 5.32 Å². The third-order valence-electron chi connectivity index (χ3n) is 4.21. The van der Waals surface area contributed by atoms with Crippen LogP contribution in [-0.4, -0.2) is 32.0 Å². The molecule has 1 amide bonds. The highest BCUT2D eigenvalue weighted by Gasteiger charge is 2.19. The van der Waals surface area contributed by atoms with Crippen LogP contribution in [0.15, 0.2) is 29.4 Å². The first-order valence-corrected chi connectivity index (χ1v) is 11.2. The molecule has 0 aliphatic heterocycles. The number of thioether (sulfide) groups is 1. The molecule has 0 saturated carbocycles. The molecule has 0 aliphatic carbocycles. The highest BCUT2D eigenvalue weighted by molar-refractivity contribution is 7.99. The molecule has 154 valence electrons. The minimum atomic E-state index is -0.242. The monoisotopic (exact) mass is 422 g/mol. The van der Waals surface area contributed by atoms with E-state index >= 15 is 0 Å². The first-order chi connectivity index (χ1) is 13.2. The molecule has 7 heteroatoms. The van der Waals surface area contributed by atoms with E-state index in [0.717, 1.165) is 29.5 Å². The van der Waals surface area contributed by atoms with Gasteiger partial charge in [0.1, 0.15) is 0 Å². The molecule has 1 aromatic heterocycles. The van der Waals surface area contributed by atoms with E-state index in [0.29, 0.717) is 16.7 Å². The molecule has 0 aliphatic rings. The van der Waals surface area contributed by atoms with Crippen molar-refractivity contribution in [2.75, 3.05) is 5.75 Å². The van der Waals surface area contributed by atoms with Crippen molar-refractivity contribution in [1.82, 2.24) is 20.1 Å². The third kappa shape index (κ3) is 7.13.